The van der Waals surface area contributed by atoms with Gasteiger partial charge in [-0.05, 0) is 17.7 Å². The first-order valence-corrected chi connectivity index (χ1v) is 9.07. The number of aliphatic carboxylic acids is 1. The molecule has 0 bridgehead atoms. The number of Topliss-reactive ketones (excluding diaryl/α,β-unsaturated/α-hetero) is 1. The number of hydrogen-bond acceptors (Lipinski definition) is 4. The van der Waals surface area contributed by atoms with E-state index in [9.17, 15) is 19.5 Å². The van der Waals surface area contributed by atoms with Crippen molar-refractivity contribution < 1.29 is 24.6 Å². The first-order chi connectivity index (χ1) is 13.3. The van der Waals surface area contributed by atoms with Gasteiger partial charge in [0, 0.05) is 22.2 Å². The molecule has 1 aliphatic heterocycles. The SMILES string of the molecule is O=C(O)CCN1C(=O)C(=O)/C(=C(/O)c2ccccc2)C1c1ccc(Cl)cc1Cl. The average molecular weight is 420 g/mol. The third-order valence-electron chi connectivity index (χ3n) is 4.41. The second-order valence-corrected chi connectivity index (χ2v) is 7.01. The fraction of sp³-hybridized carbons (Fsp3) is 0.150. The van der Waals surface area contributed by atoms with Crippen molar-refractivity contribution in [3.8, 4) is 0 Å². The van der Waals surface area contributed by atoms with Crippen LogP contribution in [-0.4, -0.2) is 39.3 Å². The molecule has 1 heterocycles. The van der Waals surface area contributed by atoms with Crippen molar-refractivity contribution >= 4 is 46.6 Å². The van der Waals surface area contributed by atoms with Gasteiger partial charge in [0.2, 0.25) is 0 Å². The summed E-state index contributed by atoms with van der Waals surface area (Å²) in [5.41, 5.74) is 0.577. The molecule has 3 rings (SSSR count). The minimum Gasteiger partial charge on any atom is -0.507 e. The lowest BCUT2D eigenvalue weighted by Crippen LogP contribution is -2.32. The van der Waals surface area contributed by atoms with Crippen molar-refractivity contribution in [2.24, 2.45) is 0 Å². The summed E-state index contributed by atoms with van der Waals surface area (Å²) >= 11 is 12.2. The summed E-state index contributed by atoms with van der Waals surface area (Å²) in [6.45, 7) is -0.213. The second-order valence-electron chi connectivity index (χ2n) is 6.17. The molecule has 0 saturated carbocycles. The van der Waals surface area contributed by atoms with Crippen LogP contribution < -0.4 is 0 Å². The summed E-state index contributed by atoms with van der Waals surface area (Å²) in [6.07, 6.45) is -0.361. The van der Waals surface area contributed by atoms with Crippen LogP contribution in [0.2, 0.25) is 10.0 Å². The number of benzene rings is 2. The highest BCUT2D eigenvalue weighted by molar-refractivity contribution is 6.47. The van der Waals surface area contributed by atoms with E-state index in [0.29, 0.717) is 16.1 Å². The smallest absolute Gasteiger partial charge is 0.305 e. The van der Waals surface area contributed by atoms with Crippen molar-refractivity contribution in [3.63, 3.8) is 0 Å². The maximum atomic E-state index is 12.7. The maximum Gasteiger partial charge on any atom is 0.305 e. The molecule has 28 heavy (non-hydrogen) atoms. The highest BCUT2D eigenvalue weighted by Gasteiger charge is 2.46. The number of nitrogens with zero attached hydrogens (tertiary/aromatic N) is 1. The van der Waals surface area contributed by atoms with Crippen LogP contribution in [0.3, 0.4) is 0 Å². The molecule has 0 spiro atoms. The van der Waals surface area contributed by atoms with Gasteiger partial charge in [-0.25, -0.2) is 0 Å². The number of aliphatic hydroxyl groups excluding tert-OH is 1. The highest BCUT2D eigenvalue weighted by Crippen LogP contribution is 2.42. The minimum absolute atomic E-state index is 0.147. The first kappa shape index (κ1) is 19.9. The second kappa shape index (κ2) is 8.04. The number of carboxylic acid groups (broad SMARTS) is 1. The van der Waals surface area contributed by atoms with Gasteiger partial charge in [0.1, 0.15) is 5.76 Å². The molecule has 1 aliphatic rings. The summed E-state index contributed by atoms with van der Waals surface area (Å²) in [5, 5.41) is 20.3. The van der Waals surface area contributed by atoms with Gasteiger partial charge in [0.15, 0.2) is 0 Å². The van der Waals surface area contributed by atoms with Crippen LogP contribution in [0.1, 0.15) is 23.6 Å². The summed E-state index contributed by atoms with van der Waals surface area (Å²) in [7, 11) is 0. The van der Waals surface area contributed by atoms with E-state index in [2.05, 4.69) is 0 Å². The molecule has 1 unspecified atom stereocenters. The van der Waals surface area contributed by atoms with Gasteiger partial charge in [-0.2, -0.15) is 0 Å². The van der Waals surface area contributed by atoms with Crippen molar-refractivity contribution in [3.05, 3.63) is 75.3 Å². The van der Waals surface area contributed by atoms with Crippen LogP contribution in [-0.2, 0) is 14.4 Å². The predicted octanol–water partition coefficient (Wildman–Crippen LogP) is 3.89. The van der Waals surface area contributed by atoms with Crippen molar-refractivity contribution in [2.75, 3.05) is 6.54 Å². The van der Waals surface area contributed by atoms with Gasteiger partial charge in [-0.1, -0.05) is 59.6 Å². The Morgan fingerprint density at radius 1 is 1.04 bits per heavy atom. The maximum absolute atomic E-state index is 12.7. The number of rotatable bonds is 5. The molecule has 8 heteroatoms. The zero-order valence-corrected chi connectivity index (χ0v) is 15.9. The zero-order valence-electron chi connectivity index (χ0n) is 14.4. The van der Waals surface area contributed by atoms with Crippen molar-refractivity contribution in [1.29, 1.82) is 0 Å². The predicted molar refractivity (Wildman–Crippen MR) is 104 cm³/mol. The first-order valence-electron chi connectivity index (χ1n) is 8.32. The topological polar surface area (TPSA) is 94.9 Å². The largest absolute Gasteiger partial charge is 0.507 e. The Hall–Kier alpha value is -2.83. The monoisotopic (exact) mass is 419 g/mol. The minimum atomic E-state index is -1.12. The van der Waals surface area contributed by atoms with E-state index < -0.39 is 23.7 Å². The Balaban J connectivity index is 2.19. The lowest BCUT2D eigenvalue weighted by Gasteiger charge is -2.25. The molecule has 0 aliphatic carbocycles. The number of hydrogen-bond donors (Lipinski definition) is 2. The van der Waals surface area contributed by atoms with Crippen LogP contribution in [0.15, 0.2) is 54.1 Å². The normalized spacial score (nSPS) is 18.5. The lowest BCUT2D eigenvalue weighted by atomic mass is 9.95. The van der Waals surface area contributed by atoms with E-state index in [-0.39, 0.29) is 29.3 Å². The zero-order chi connectivity index (χ0) is 20.4. The van der Waals surface area contributed by atoms with E-state index in [0.717, 1.165) is 4.90 Å². The van der Waals surface area contributed by atoms with Gasteiger partial charge in [0.05, 0.1) is 18.0 Å². The molecular weight excluding hydrogens is 405 g/mol. The Bertz CT molecular complexity index is 987. The summed E-state index contributed by atoms with van der Waals surface area (Å²) < 4.78 is 0. The van der Waals surface area contributed by atoms with E-state index in [4.69, 9.17) is 28.3 Å². The molecule has 0 radical (unpaired) electrons. The number of halogens is 2. The van der Waals surface area contributed by atoms with Gasteiger partial charge in [0.25, 0.3) is 11.7 Å². The molecule has 2 N–H and O–H groups in total. The average Bonchev–Trinajstić information content (AvgIpc) is 2.91. The number of aliphatic hydroxyl groups is 1. The van der Waals surface area contributed by atoms with Gasteiger partial charge in [-0.15, -0.1) is 0 Å². The fourth-order valence-electron chi connectivity index (χ4n) is 3.12. The van der Waals surface area contributed by atoms with Crippen molar-refractivity contribution in [2.45, 2.75) is 12.5 Å². The van der Waals surface area contributed by atoms with Crippen LogP contribution in [0.25, 0.3) is 5.76 Å². The number of ketones is 1. The van der Waals surface area contributed by atoms with Gasteiger partial charge < -0.3 is 15.1 Å². The molecule has 6 nitrogen and oxygen atoms in total. The van der Waals surface area contributed by atoms with E-state index in [1.165, 1.54) is 6.07 Å². The molecule has 1 atom stereocenters. The molecule has 0 aromatic heterocycles. The quantitative estimate of drug-likeness (QED) is 0.435. The number of likely N-dealkylation sites (tertiary alicyclic amines) is 1. The number of carbonyl (C=O) groups excluding carboxylic acids is 2. The van der Waals surface area contributed by atoms with Crippen LogP contribution in [0.5, 0.6) is 0 Å². The third-order valence-corrected chi connectivity index (χ3v) is 4.97. The summed E-state index contributed by atoms with van der Waals surface area (Å²) in [4.78, 5) is 37.4. The molecular formula is C20H15Cl2NO5. The Labute approximate surface area is 170 Å². The number of carboxylic acids is 1. The Kier molecular flexibility index (Phi) is 5.72. The molecule has 2 aromatic rings. The third kappa shape index (κ3) is 3.74. The van der Waals surface area contributed by atoms with Gasteiger partial charge in [-0.3, -0.25) is 14.4 Å². The molecule has 1 saturated heterocycles. The summed E-state index contributed by atoms with van der Waals surface area (Å²) in [6, 6.07) is 11.8. The van der Waals surface area contributed by atoms with Crippen LogP contribution in [0.4, 0.5) is 0 Å². The molecule has 144 valence electrons. The summed E-state index contributed by atoms with van der Waals surface area (Å²) in [5.74, 6) is -3.27. The molecule has 1 fully saturated rings. The van der Waals surface area contributed by atoms with E-state index in [1.54, 1.807) is 42.5 Å². The highest BCUT2D eigenvalue weighted by atomic mass is 35.5. The lowest BCUT2D eigenvalue weighted by molar-refractivity contribution is -0.142. The fourth-order valence-corrected chi connectivity index (χ4v) is 3.64. The molecule has 2 aromatic carbocycles. The van der Waals surface area contributed by atoms with Gasteiger partial charge >= 0.3 is 5.97 Å². The van der Waals surface area contributed by atoms with Crippen LogP contribution >= 0.6 is 23.2 Å². The number of amides is 1. The van der Waals surface area contributed by atoms with E-state index >= 15 is 0 Å². The van der Waals surface area contributed by atoms with E-state index in [1.807, 2.05) is 0 Å². The van der Waals surface area contributed by atoms with Crippen molar-refractivity contribution in [1.82, 2.24) is 4.90 Å². The Morgan fingerprint density at radius 2 is 1.71 bits per heavy atom. The molecule has 1 amide bonds. The Morgan fingerprint density at radius 3 is 2.32 bits per heavy atom. The number of carbonyl (C=O) groups is 3. The standard InChI is InChI=1S/C20H15Cl2NO5/c21-12-6-7-13(14(22)10-12)17-16(18(26)11-4-2-1-3-5-11)19(27)20(28)23(17)9-8-15(24)25/h1-7,10,17,26H,8-9H2,(H,24,25)/b18-16+. The van der Waals surface area contributed by atoms with Crippen LogP contribution in [0, 0.1) is 0 Å².